The number of hydrogen-bond donors (Lipinski definition) is 2. The van der Waals surface area contributed by atoms with Crippen molar-refractivity contribution in [3.05, 3.63) is 12.1 Å². The number of sulfonamides is 1. The maximum atomic E-state index is 11.7. The van der Waals surface area contributed by atoms with Crippen molar-refractivity contribution in [2.75, 3.05) is 44.1 Å². The van der Waals surface area contributed by atoms with Gasteiger partial charge in [0.2, 0.25) is 10.0 Å². The molecule has 0 aliphatic heterocycles. The summed E-state index contributed by atoms with van der Waals surface area (Å²) in [7, 11) is 0.843. The van der Waals surface area contributed by atoms with Crippen LogP contribution in [0.25, 0.3) is 0 Å². The highest BCUT2D eigenvalue weighted by Gasteiger charge is 2.15. The second-order valence-electron chi connectivity index (χ2n) is 3.71. The molecule has 0 radical (unpaired) electrons. The number of hydrogen-bond acceptors (Lipinski definition) is 6. The van der Waals surface area contributed by atoms with E-state index < -0.39 is 10.0 Å². The van der Waals surface area contributed by atoms with E-state index in [0.717, 1.165) is 0 Å². The van der Waals surface area contributed by atoms with Crippen LogP contribution < -0.4 is 19.9 Å². The van der Waals surface area contributed by atoms with Gasteiger partial charge in [0.05, 0.1) is 38.0 Å². The molecule has 0 aliphatic carbocycles. The van der Waals surface area contributed by atoms with E-state index in [2.05, 4.69) is 4.72 Å². The fourth-order valence-corrected chi connectivity index (χ4v) is 2.39. The molecule has 1 aromatic rings. The van der Waals surface area contributed by atoms with Gasteiger partial charge in [0.15, 0.2) is 11.5 Å². The second kappa shape index (κ2) is 6.48. The van der Waals surface area contributed by atoms with E-state index in [9.17, 15) is 8.42 Å². The van der Waals surface area contributed by atoms with Gasteiger partial charge >= 0.3 is 0 Å². The average Bonchev–Trinajstić information content (AvgIpc) is 2.38. The molecule has 0 spiro atoms. The summed E-state index contributed by atoms with van der Waals surface area (Å²) in [6.45, 7) is 0.0997. The first-order valence-electron chi connectivity index (χ1n) is 5.44. The largest absolute Gasteiger partial charge is 0.493 e. The minimum Gasteiger partial charge on any atom is -0.493 e. The Kier molecular flexibility index (Phi) is 5.25. The molecule has 19 heavy (non-hydrogen) atoms. The molecule has 0 bridgehead atoms. The molecule has 0 atom stereocenters. The molecule has 0 aliphatic rings. The summed E-state index contributed by atoms with van der Waals surface area (Å²) in [5.74, 6) is 0.665. The van der Waals surface area contributed by atoms with E-state index >= 15 is 0 Å². The van der Waals surface area contributed by atoms with Gasteiger partial charge in [-0.25, -0.2) is 8.42 Å². The van der Waals surface area contributed by atoms with Gasteiger partial charge in [0.1, 0.15) is 0 Å². The van der Waals surface area contributed by atoms with Gasteiger partial charge in [-0.15, -0.1) is 0 Å². The Labute approximate surface area is 112 Å². The lowest BCUT2D eigenvalue weighted by Gasteiger charge is -2.14. The molecule has 0 fully saturated rings. The summed E-state index contributed by atoms with van der Waals surface area (Å²) in [6.07, 6.45) is 0. The van der Waals surface area contributed by atoms with Crippen molar-refractivity contribution in [3.8, 4) is 11.5 Å². The molecule has 0 aromatic heterocycles. The van der Waals surface area contributed by atoms with Crippen LogP contribution in [0.15, 0.2) is 12.1 Å². The van der Waals surface area contributed by atoms with Gasteiger partial charge in [-0.3, -0.25) is 4.72 Å². The van der Waals surface area contributed by atoms with Crippen LogP contribution in [0.2, 0.25) is 0 Å². The Bertz CT molecular complexity index is 530. The predicted octanol–water partition coefficient (Wildman–Crippen LogP) is 0.674. The van der Waals surface area contributed by atoms with E-state index in [0.29, 0.717) is 11.5 Å². The average molecular weight is 290 g/mol. The Morgan fingerprint density at radius 3 is 2.26 bits per heavy atom. The zero-order chi connectivity index (χ0) is 14.5. The van der Waals surface area contributed by atoms with Crippen molar-refractivity contribution in [1.82, 2.24) is 0 Å². The zero-order valence-corrected chi connectivity index (χ0v) is 11.9. The van der Waals surface area contributed by atoms with Crippen LogP contribution in [0.1, 0.15) is 0 Å². The maximum absolute atomic E-state index is 11.7. The number of nitrogen functional groups attached to an aromatic ring is 1. The van der Waals surface area contributed by atoms with Crippen molar-refractivity contribution in [3.63, 3.8) is 0 Å². The molecule has 1 rings (SSSR count). The minimum atomic E-state index is -3.52. The lowest BCUT2D eigenvalue weighted by molar-refractivity contribution is 0.217. The summed E-state index contributed by atoms with van der Waals surface area (Å²) in [5, 5.41) is 0. The molecule has 0 saturated heterocycles. The fraction of sp³-hybridized carbons (Fsp3) is 0.455. The van der Waals surface area contributed by atoms with Crippen molar-refractivity contribution in [2.24, 2.45) is 0 Å². The summed E-state index contributed by atoms with van der Waals surface area (Å²) in [4.78, 5) is 0. The molecule has 8 heteroatoms. The highest BCUT2D eigenvalue weighted by molar-refractivity contribution is 7.92. The third-order valence-electron chi connectivity index (χ3n) is 2.38. The van der Waals surface area contributed by atoms with E-state index in [1.165, 1.54) is 33.5 Å². The van der Waals surface area contributed by atoms with Crippen LogP contribution in [-0.4, -0.2) is 42.1 Å². The maximum Gasteiger partial charge on any atom is 0.235 e. The SMILES string of the molecule is COCCS(=O)(=O)Nc1cc(OC)c(OC)cc1N. The van der Waals surface area contributed by atoms with E-state index in [-0.39, 0.29) is 23.7 Å². The van der Waals surface area contributed by atoms with Gasteiger partial charge in [-0.05, 0) is 0 Å². The second-order valence-corrected chi connectivity index (χ2v) is 5.55. The molecular weight excluding hydrogens is 272 g/mol. The molecule has 0 saturated carbocycles. The zero-order valence-electron chi connectivity index (χ0n) is 11.1. The fourth-order valence-electron chi connectivity index (χ4n) is 1.39. The number of benzene rings is 1. The van der Waals surface area contributed by atoms with Crippen LogP contribution in [0.5, 0.6) is 11.5 Å². The third kappa shape index (κ3) is 4.18. The molecule has 1 aromatic carbocycles. The van der Waals surface area contributed by atoms with Gasteiger partial charge < -0.3 is 19.9 Å². The Morgan fingerprint density at radius 1 is 1.16 bits per heavy atom. The molecule has 7 nitrogen and oxygen atoms in total. The molecular formula is C11H18N2O5S. The first-order valence-corrected chi connectivity index (χ1v) is 7.09. The summed E-state index contributed by atoms with van der Waals surface area (Å²) < 4.78 is 40.8. The summed E-state index contributed by atoms with van der Waals surface area (Å²) in [6, 6.07) is 2.96. The Morgan fingerprint density at radius 2 is 1.74 bits per heavy atom. The van der Waals surface area contributed by atoms with Gasteiger partial charge in [-0.2, -0.15) is 0 Å². The number of methoxy groups -OCH3 is 3. The third-order valence-corrected chi connectivity index (χ3v) is 3.61. The molecule has 0 unspecified atom stereocenters. The van der Waals surface area contributed by atoms with Crippen LogP contribution in [0.4, 0.5) is 11.4 Å². The lowest BCUT2D eigenvalue weighted by atomic mass is 10.2. The smallest absolute Gasteiger partial charge is 0.235 e. The lowest BCUT2D eigenvalue weighted by Crippen LogP contribution is -2.20. The van der Waals surface area contributed by atoms with Gasteiger partial charge in [0, 0.05) is 19.2 Å². The monoisotopic (exact) mass is 290 g/mol. The summed E-state index contributed by atoms with van der Waals surface area (Å²) in [5.41, 5.74) is 6.26. The number of anilines is 2. The van der Waals surface area contributed by atoms with Gasteiger partial charge in [-0.1, -0.05) is 0 Å². The number of nitrogens with two attached hydrogens (primary N) is 1. The highest BCUT2D eigenvalue weighted by atomic mass is 32.2. The first kappa shape index (κ1) is 15.4. The number of ether oxygens (including phenoxy) is 3. The number of nitrogens with one attached hydrogen (secondary N) is 1. The van der Waals surface area contributed by atoms with E-state index in [1.54, 1.807) is 0 Å². The van der Waals surface area contributed by atoms with Crippen LogP contribution in [0.3, 0.4) is 0 Å². The Balaban J connectivity index is 3.01. The quantitative estimate of drug-likeness (QED) is 0.716. The van der Waals surface area contributed by atoms with Crippen LogP contribution in [-0.2, 0) is 14.8 Å². The molecule has 0 heterocycles. The molecule has 0 amide bonds. The van der Waals surface area contributed by atoms with E-state index in [1.807, 2.05) is 0 Å². The predicted molar refractivity (Wildman–Crippen MR) is 73.2 cm³/mol. The van der Waals surface area contributed by atoms with Crippen molar-refractivity contribution < 1.29 is 22.6 Å². The highest BCUT2D eigenvalue weighted by Crippen LogP contribution is 2.35. The van der Waals surface area contributed by atoms with Crippen molar-refractivity contribution in [1.29, 1.82) is 0 Å². The standard InChI is InChI=1S/C11H18N2O5S/c1-16-4-5-19(14,15)13-9-7-11(18-3)10(17-2)6-8(9)12/h6-7,13H,4-5,12H2,1-3H3. The number of rotatable bonds is 7. The molecule has 108 valence electrons. The Hall–Kier alpha value is -1.67. The van der Waals surface area contributed by atoms with E-state index in [4.69, 9.17) is 19.9 Å². The minimum absolute atomic E-state index is 0.0997. The summed E-state index contributed by atoms with van der Waals surface area (Å²) >= 11 is 0. The molecule has 3 N–H and O–H groups in total. The van der Waals surface area contributed by atoms with Crippen molar-refractivity contribution in [2.45, 2.75) is 0 Å². The van der Waals surface area contributed by atoms with Crippen molar-refractivity contribution >= 4 is 21.4 Å². The van der Waals surface area contributed by atoms with Gasteiger partial charge in [0.25, 0.3) is 0 Å². The first-order chi connectivity index (χ1) is 8.93. The topological polar surface area (TPSA) is 99.9 Å². The van der Waals surface area contributed by atoms with Crippen LogP contribution in [0, 0.1) is 0 Å². The van der Waals surface area contributed by atoms with Crippen LogP contribution >= 0.6 is 0 Å². The normalized spacial score (nSPS) is 11.1.